The van der Waals surface area contributed by atoms with Crippen LogP contribution in [0.5, 0.6) is 5.75 Å². The van der Waals surface area contributed by atoms with Crippen LogP contribution in [0.2, 0.25) is 0 Å². The Bertz CT molecular complexity index is 718. The predicted molar refractivity (Wildman–Crippen MR) is 77.7 cm³/mol. The van der Waals surface area contributed by atoms with Gasteiger partial charge in [0.1, 0.15) is 11.5 Å². The molecule has 1 aliphatic carbocycles. The highest BCUT2D eigenvalue weighted by atomic mass is 32.2. The summed E-state index contributed by atoms with van der Waals surface area (Å²) >= 11 is 0. The minimum Gasteiger partial charge on any atom is -0.497 e. The largest absolute Gasteiger partial charge is 0.497 e. The predicted octanol–water partition coefficient (Wildman–Crippen LogP) is 2.64. The highest BCUT2D eigenvalue weighted by molar-refractivity contribution is 7.89. The number of methoxy groups -OCH3 is 1. The van der Waals surface area contributed by atoms with E-state index in [0.717, 1.165) is 30.6 Å². The first-order chi connectivity index (χ1) is 10.1. The third kappa shape index (κ3) is 2.82. The third-order valence-corrected chi connectivity index (χ3v) is 5.21. The standard InChI is InChI=1S/C15H17NO4S/c1-19-11-5-7-12(8-6-11)21(17,18)16-14-3-2-4-15-13(14)9-10-20-15/h5-10,14,16H,2-4H2,1H3. The molecule has 21 heavy (non-hydrogen) atoms. The first kappa shape index (κ1) is 14.2. The average molecular weight is 307 g/mol. The Morgan fingerprint density at radius 3 is 2.71 bits per heavy atom. The first-order valence-corrected chi connectivity index (χ1v) is 8.31. The molecule has 3 rings (SSSR count). The van der Waals surface area contributed by atoms with Crippen LogP contribution in [0.4, 0.5) is 0 Å². The molecule has 1 aliphatic rings. The van der Waals surface area contributed by atoms with Crippen molar-refractivity contribution in [3.05, 3.63) is 47.9 Å². The molecule has 1 atom stereocenters. The van der Waals surface area contributed by atoms with Crippen molar-refractivity contribution in [1.29, 1.82) is 0 Å². The van der Waals surface area contributed by atoms with Crippen molar-refractivity contribution < 1.29 is 17.6 Å². The van der Waals surface area contributed by atoms with Gasteiger partial charge in [0.2, 0.25) is 10.0 Å². The summed E-state index contributed by atoms with van der Waals surface area (Å²) in [5, 5.41) is 0. The van der Waals surface area contributed by atoms with Crippen molar-refractivity contribution in [2.45, 2.75) is 30.2 Å². The SMILES string of the molecule is COc1ccc(S(=O)(=O)NC2CCCc3occc32)cc1. The fraction of sp³-hybridized carbons (Fsp3) is 0.333. The summed E-state index contributed by atoms with van der Waals surface area (Å²) in [6.45, 7) is 0. The van der Waals surface area contributed by atoms with E-state index < -0.39 is 10.0 Å². The minimum atomic E-state index is -3.55. The molecule has 0 bridgehead atoms. The summed E-state index contributed by atoms with van der Waals surface area (Å²) in [7, 11) is -2.01. The maximum absolute atomic E-state index is 12.4. The number of aryl methyl sites for hydroxylation is 1. The van der Waals surface area contributed by atoms with Crippen molar-refractivity contribution in [2.75, 3.05) is 7.11 Å². The van der Waals surface area contributed by atoms with E-state index >= 15 is 0 Å². The topological polar surface area (TPSA) is 68.5 Å². The summed E-state index contributed by atoms with van der Waals surface area (Å²) in [6, 6.07) is 7.98. The molecular weight excluding hydrogens is 290 g/mol. The molecule has 1 aromatic carbocycles. The van der Waals surface area contributed by atoms with Crippen molar-refractivity contribution in [2.24, 2.45) is 0 Å². The number of hydrogen-bond donors (Lipinski definition) is 1. The van der Waals surface area contributed by atoms with Crippen LogP contribution < -0.4 is 9.46 Å². The molecule has 1 N–H and O–H groups in total. The van der Waals surface area contributed by atoms with Gasteiger partial charge >= 0.3 is 0 Å². The van der Waals surface area contributed by atoms with E-state index in [0.29, 0.717) is 5.75 Å². The molecule has 2 aromatic rings. The summed E-state index contributed by atoms with van der Waals surface area (Å²) in [4.78, 5) is 0.235. The van der Waals surface area contributed by atoms with Crippen molar-refractivity contribution in [1.82, 2.24) is 4.72 Å². The van der Waals surface area contributed by atoms with Crippen molar-refractivity contribution in [3.63, 3.8) is 0 Å². The Hall–Kier alpha value is -1.79. The number of nitrogens with one attached hydrogen (secondary N) is 1. The second-order valence-electron chi connectivity index (χ2n) is 5.04. The van der Waals surface area contributed by atoms with Gasteiger partial charge in [-0.15, -0.1) is 0 Å². The second-order valence-corrected chi connectivity index (χ2v) is 6.75. The number of sulfonamides is 1. The molecule has 1 unspecified atom stereocenters. The van der Waals surface area contributed by atoms with Gasteiger partial charge in [-0.05, 0) is 43.2 Å². The Morgan fingerprint density at radius 2 is 2.00 bits per heavy atom. The molecule has 0 spiro atoms. The van der Waals surface area contributed by atoms with Crippen LogP contribution in [-0.2, 0) is 16.4 Å². The Labute approximate surface area is 124 Å². The third-order valence-electron chi connectivity index (χ3n) is 3.72. The van der Waals surface area contributed by atoms with Crippen LogP contribution in [0.1, 0.15) is 30.2 Å². The molecule has 0 saturated carbocycles. The fourth-order valence-electron chi connectivity index (χ4n) is 2.62. The van der Waals surface area contributed by atoms with Crippen molar-refractivity contribution in [3.8, 4) is 5.75 Å². The van der Waals surface area contributed by atoms with Gasteiger partial charge in [0.15, 0.2) is 0 Å². The van der Waals surface area contributed by atoms with Gasteiger partial charge in [0.25, 0.3) is 0 Å². The molecule has 0 fully saturated rings. The van der Waals surface area contributed by atoms with Gasteiger partial charge in [-0.3, -0.25) is 0 Å². The fourth-order valence-corrected chi connectivity index (χ4v) is 3.87. The zero-order valence-corrected chi connectivity index (χ0v) is 12.5. The van der Waals surface area contributed by atoms with Gasteiger partial charge in [0.05, 0.1) is 24.3 Å². The maximum atomic E-state index is 12.4. The lowest BCUT2D eigenvalue weighted by atomic mass is 9.94. The monoisotopic (exact) mass is 307 g/mol. The number of furan rings is 1. The average Bonchev–Trinajstić information content (AvgIpc) is 2.97. The lowest BCUT2D eigenvalue weighted by Gasteiger charge is -2.22. The number of fused-ring (bicyclic) bond motifs is 1. The molecule has 6 heteroatoms. The summed E-state index contributed by atoms with van der Waals surface area (Å²) in [6.07, 6.45) is 4.17. The van der Waals surface area contributed by atoms with Crippen LogP contribution in [0, 0.1) is 0 Å². The van der Waals surface area contributed by atoms with Crippen LogP contribution >= 0.6 is 0 Å². The molecule has 112 valence electrons. The highest BCUT2D eigenvalue weighted by Crippen LogP contribution is 2.31. The molecule has 0 amide bonds. The van der Waals surface area contributed by atoms with Crippen molar-refractivity contribution >= 4 is 10.0 Å². The van der Waals surface area contributed by atoms with Gasteiger partial charge in [0, 0.05) is 12.0 Å². The molecule has 1 heterocycles. The van der Waals surface area contributed by atoms with Crippen LogP contribution in [0.25, 0.3) is 0 Å². The van der Waals surface area contributed by atoms with Gasteiger partial charge in [-0.25, -0.2) is 13.1 Å². The van der Waals surface area contributed by atoms with E-state index in [2.05, 4.69) is 4.72 Å². The number of benzene rings is 1. The number of hydrogen-bond acceptors (Lipinski definition) is 4. The first-order valence-electron chi connectivity index (χ1n) is 6.83. The van der Waals surface area contributed by atoms with E-state index in [1.165, 1.54) is 0 Å². The molecule has 0 saturated heterocycles. The van der Waals surface area contributed by atoms with Gasteiger partial charge < -0.3 is 9.15 Å². The zero-order chi connectivity index (χ0) is 14.9. The highest BCUT2D eigenvalue weighted by Gasteiger charge is 2.27. The lowest BCUT2D eigenvalue weighted by Crippen LogP contribution is -2.30. The molecule has 5 nitrogen and oxygen atoms in total. The molecule has 0 radical (unpaired) electrons. The summed E-state index contributed by atoms with van der Waals surface area (Å²) < 4.78 is 38.1. The van der Waals surface area contributed by atoms with Crippen LogP contribution in [0.3, 0.4) is 0 Å². The van der Waals surface area contributed by atoms with E-state index in [-0.39, 0.29) is 10.9 Å². The second kappa shape index (κ2) is 5.54. The maximum Gasteiger partial charge on any atom is 0.241 e. The van der Waals surface area contributed by atoms with E-state index in [4.69, 9.17) is 9.15 Å². The summed E-state index contributed by atoms with van der Waals surface area (Å²) in [5.41, 5.74) is 0.943. The van der Waals surface area contributed by atoms with Crippen LogP contribution in [0.15, 0.2) is 45.9 Å². The van der Waals surface area contributed by atoms with E-state index in [1.54, 1.807) is 37.6 Å². The number of rotatable bonds is 4. The molecule has 1 aromatic heterocycles. The minimum absolute atomic E-state index is 0.223. The number of ether oxygens (including phenoxy) is 1. The smallest absolute Gasteiger partial charge is 0.241 e. The van der Waals surface area contributed by atoms with E-state index in [1.807, 2.05) is 6.07 Å². The van der Waals surface area contributed by atoms with Gasteiger partial charge in [-0.2, -0.15) is 0 Å². The van der Waals surface area contributed by atoms with E-state index in [9.17, 15) is 8.42 Å². The summed E-state index contributed by atoms with van der Waals surface area (Å²) in [5.74, 6) is 1.51. The zero-order valence-electron chi connectivity index (χ0n) is 11.7. The Balaban J connectivity index is 1.84. The quantitative estimate of drug-likeness (QED) is 0.943. The normalized spacial score (nSPS) is 18.2. The lowest BCUT2D eigenvalue weighted by molar-refractivity contribution is 0.414. The Morgan fingerprint density at radius 1 is 1.24 bits per heavy atom. The van der Waals surface area contributed by atoms with Crippen LogP contribution in [-0.4, -0.2) is 15.5 Å². The molecule has 0 aliphatic heterocycles. The molecular formula is C15H17NO4S. The Kier molecular flexibility index (Phi) is 3.73. The van der Waals surface area contributed by atoms with Gasteiger partial charge in [-0.1, -0.05) is 0 Å².